The Bertz CT molecular complexity index is 184. The first-order chi connectivity index (χ1) is 6.13. The molecule has 4 heteroatoms. The Morgan fingerprint density at radius 1 is 1.54 bits per heavy atom. The third-order valence-corrected chi connectivity index (χ3v) is 2.62. The predicted molar refractivity (Wildman–Crippen MR) is 50.5 cm³/mol. The van der Waals surface area contributed by atoms with Crippen molar-refractivity contribution in [3.05, 3.63) is 0 Å². The Labute approximate surface area is 79.4 Å². The van der Waals surface area contributed by atoms with Gasteiger partial charge >= 0.3 is 5.97 Å². The van der Waals surface area contributed by atoms with Crippen LogP contribution >= 0.6 is 0 Å². The Morgan fingerprint density at radius 3 is 2.77 bits per heavy atom. The monoisotopic (exact) mass is 186 g/mol. The molecule has 0 N–H and O–H groups in total. The van der Waals surface area contributed by atoms with Gasteiger partial charge in [-0.15, -0.1) is 0 Å². The molecule has 0 aliphatic carbocycles. The normalized spacial score (nSPS) is 25.9. The third kappa shape index (κ3) is 2.97. The predicted octanol–water partition coefficient (Wildman–Crippen LogP) is -0.205. The number of methoxy groups -OCH3 is 1. The van der Waals surface area contributed by atoms with Gasteiger partial charge in [0.25, 0.3) is 0 Å². The summed E-state index contributed by atoms with van der Waals surface area (Å²) in [7, 11) is 3.54. The van der Waals surface area contributed by atoms with Crippen molar-refractivity contribution < 1.29 is 9.53 Å². The van der Waals surface area contributed by atoms with Crippen LogP contribution < -0.4 is 0 Å². The molecule has 1 saturated heterocycles. The van der Waals surface area contributed by atoms with E-state index in [1.54, 1.807) is 0 Å². The smallest absolute Gasteiger partial charge is 0.319 e. The van der Waals surface area contributed by atoms with Crippen molar-refractivity contribution in [3.63, 3.8) is 0 Å². The summed E-state index contributed by atoms with van der Waals surface area (Å²) in [6, 6.07) is 0.526. The average molecular weight is 186 g/mol. The van der Waals surface area contributed by atoms with Gasteiger partial charge in [0.1, 0.15) is 0 Å². The summed E-state index contributed by atoms with van der Waals surface area (Å²) < 4.78 is 4.62. The maximum atomic E-state index is 11.0. The number of nitrogens with zero attached hydrogens (tertiary/aromatic N) is 2. The van der Waals surface area contributed by atoms with Crippen molar-refractivity contribution in [1.82, 2.24) is 9.80 Å². The van der Waals surface area contributed by atoms with Crippen LogP contribution in [0.4, 0.5) is 0 Å². The van der Waals surface area contributed by atoms with Crippen LogP contribution in [0, 0.1) is 0 Å². The van der Waals surface area contributed by atoms with Crippen LogP contribution in [0.1, 0.15) is 6.92 Å². The maximum absolute atomic E-state index is 11.0. The Balaban J connectivity index is 2.33. The lowest BCUT2D eigenvalue weighted by molar-refractivity contribution is -0.142. The first-order valence-electron chi connectivity index (χ1n) is 4.63. The van der Waals surface area contributed by atoms with Gasteiger partial charge in [0, 0.05) is 25.7 Å². The van der Waals surface area contributed by atoms with Crippen LogP contribution in [0.5, 0.6) is 0 Å². The lowest BCUT2D eigenvalue weighted by Gasteiger charge is -2.36. The van der Waals surface area contributed by atoms with E-state index >= 15 is 0 Å². The maximum Gasteiger partial charge on any atom is 0.319 e. The van der Waals surface area contributed by atoms with Crippen molar-refractivity contribution in [3.8, 4) is 0 Å². The van der Waals surface area contributed by atoms with Crippen molar-refractivity contribution >= 4 is 5.97 Å². The van der Waals surface area contributed by atoms with Gasteiger partial charge in [0.15, 0.2) is 0 Å². The number of piperazine rings is 1. The largest absolute Gasteiger partial charge is 0.468 e. The quantitative estimate of drug-likeness (QED) is 0.559. The molecule has 1 fully saturated rings. The van der Waals surface area contributed by atoms with Crippen LogP contribution in [-0.2, 0) is 9.53 Å². The number of carbonyl (C=O) groups excluding carboxylic acids is 1. The molecule has 0 bridgehead atoms. The topological polar surface area (TPSA) is 32.8 Å². The van der Waals surface area contributed by atoms with Gasteiger partial charge in [-0.05, 0) is 14.0 Å². The SMILES string of the molecule is COC(=O)CN1CCN(C)C(C)C1. The van der Waals surface area contributed by atoms with Crippen LogP contribution in [0.15, 0.2) is 0 Å². The van der Waals surface area contributed by atoms with E-state index in [-0.39, 0.29) is 5.97 Å². The van der Waals surface area contributed by atoms with E-state index in [9.17, 15) is 4.79 Å². The molecule has 0 aromatic heterocycles. The van der Waals surface area contributed by atoms with Gasteiger partial charge in [-0.3, -0.25) is 9.69 Å². The average Bonchev–Trinajstić information content (AvgIpc) is 2.11. The molecule has 0 aromatic carbocycles. The number of rotatable bonds is 2. The molecule has 1 unspecified atom stereocenters. The van der Waals surface area contributed by atoms with Crippen molar-refractivity contribution in [2.75, 3.05) is 40.3 Å². The third-order valence-electron chi connectivity index (χ3n) is 2.62. The second-order valence-corrected chi connectivity index (χ2v) is 3.64. The van der Waals surface area contributed by atoms with Gasteiger partial charge in [-0.2, -0.15) is 0 Å². The second kappa shape index (κ2) is 4.58. The number of esters is 1. The Hall–Kier alpha value is -0.610. The number of hydrogen-bond acceptors (Lipinski definition) is 4. The Morgan fingerprint density at radius 2 is 2.23 bits per heavy atom. The molecule has 1 rings (SSSR count). The van der Waals surface area contributed by atoms with Gasteiger partial charge in [0.2, 0.25) is 0 Å². The lowest BCUT2D eigenvalue weighted by Crippen LogP contribution is -2.51. The molecule has 76 valence electrons. The zero-order valence-electron chi connectivity index (χ0n) is 8.62. The molecule has 0 saturated carbocycles. The van der Waals surface area contributed by atoms with Crippen molar-refractivity contribution in [2.24, 2.45) is 0 Å². The minimum Gasteiger partial charge on any atom is -0.468 e. The molecule has 0 spiro atoms. The highest BCUT2D eigenvalue weighted by Gasteiger charge is 2.21. The lowest BCUT2D eigenvalue weighted by atomic mass is 10.2. The summed E-state index contributed by atoms with van der Waals surface area (Å²) in [6.45, 7) is 5.53. The van der Waals surface area contributed by atoms with Gasteiger partial charge in [0.05, 0.1) is 13.7 Å². The second-order valence-electron chi connectivity index (χ2n) is 3.64. The van der Waals surface area contributed by atoms with E-state index < -0.39 is 0 Å². The highest BCUT2D eigenvalue weighted by Crippen LogP contribution is 2.06. The minimum absolute atomic E-state index is 0.142. The number of hydrogen-bond donors (Lipinski definition) is 0. The summed E-state index contributed by atoms with van der Waals surface area (Å²) in [6.07, 6.45) is 0. The van der Waals surface area contributed by atoms with Gasteiger partial charge in [-0.1, -0.05) is 0 Å². The standard InChI is InChI=1S/C9H18N2O2/c1-8-6-11(5-4-10(8)2)7-9(12)13-3/h8H,4-7H2,1-3H3. The molecule has 1 aliphatic rings. The molecule has 1 atom stereocenters. The van der Waals surface area contributed by atoms with Crippen LogP contribution in [0.3, 0.4) is 0 Å². The number of likely N-dealkylation sites (N-methyl/N-ethyl adjacent to an activating group) is 1. The zero-order valence-corrected chi connectivity index (χ0v) is 8.62. The van der Waals surface area contributed by atoms with E-state index in [0.29, 0.717) is 12.6 Å². The first kappa shape index (κ1) is 10.5. The van der Waals surface area contributed by atoms with Gasteiger partial charge < -0.3 is 9.64 Å². The summed E-state index contributed by atoms with van der Waals surface area (Å²) in [5, 5.41) is 0. The molecule has 1 aliphatic heterocycles. The van der Waals surface area contributed by atoms with Crippen LogP contribution in [-0.4, -0.2) is 62.1 Å². The van der Waals surface area contributed by atoms with Crippen LogP contribution in [0.25, 0.3) is 0 Å². The Kier molecular flexibility index (Phi) is 3.69. The fraction of sp³-hybridized carbons (Fsp3) is 0.889. The van der Waals surface area contributed by atoms with Crippen molar-refractivity contribution in [2.45, 2.75) is 13.0 Å². The van der Waals surface area contributed by atoms with E-state index in [1.807, 2.05) is 0 Å². The molecule has 1 heterocycles. The van der Waals surface area contributed by atoms with E-state index in [1.165, 1.54) is 7.11 Å². The molecule has 13 heavy (non-hydrogen) atoms. The summed E-state index contributed by atoms with van der Waals surface area (Å²) >= 11 is 0. The molecule has 4 nitrogen and oxygen atoms in total. The zero-order chi connectivity index (χ0) is 9.84. The van der Waals surface area contributed by atoms with E-state index in [2.05, 4.69) is 28.5 Å². The summed E-state index contributed by atoms with van der Waals surface area (Å²) in [5.74, 6) is -0.142. The molecule has 0 radical (unpaired) electrons. The highest BCUT2D eigenvalue weighted by molar-refractivity contribution is 5.71. The summed E-state index contributed by atoms with van der Waals surface area (Å²) in [5.41, 5.74) is 0. The number of carbonyl (C=O) groups is 1. The van der Waals surface area contributed by atoms with Gasteiger partial charge in [-0.25, -0.2) is 0 Å². The fourth-order valence-electron chi connectivity index (χ4n) is 1.51. The molecule has 0 aromatic rings. The molecular weight excluding hydrogens is 168 g/mol. The van der Waals surface area contributed by atoms with Crippen LogP contribution in [0.2, 0.25) is 0 Å². The number of ether oxygens (including phenoxy) is 1. The van der Waals surface area contributed by atoms with E-state index in [0.717, 1.165) is 19.6 Å². The highest BCUT2D eigenvalue weighted by atomic mass is 16.5. The minimum atomic E-state index is -0.142. The van der Waals surface area contributed by atoms with E-state index in [4.69, 9.17) is 0 Å². The first-order valence-corrected chi connectivity index (χ1v) is 4.63. The fourth-order valence-corrected chi connectivity index (χ4v) is 1.51. The summed E-state index contributed by atoms with van der Waals surface area (Å²) in [4.78, 5) is 15.4. The van der Waals surface area contributed by atoms with Crippen molar-refractivity contribution in [1.29, 1.82) is 0 Å². The molecule has 0 amide bonds. The molecular formula is C9H18N2O2.